The van der Waals surface area contributed by atoms with Crippen LogP contribution < -0.4 is 10.6 Å². The van der Waals surface area contributed by atoms with Gasteiger partial charge in [0.05, 0.1) is 11.4 Å². The van der Waals surface area contributed by atoms with Crippen LogP contribution in [0.25, 0.3) is 0 Å². The number of sulfonamides is 1. The van der Waals surface area contributed by atoms with Crippen LogP contribution >= 0.6 is 24.8 Å². The van der Waals surface area contributed by atoms with Gasteiger partial charge < -0.3 is 10.6 Å². The van der Waals surface area contributed by atoms with Crippen molar-refractivity contribution in [3.05, 3.63) is 23.8 Å². The quantitative estimate of drug-likeness (QED) is 0.674. The SMILES string of the molecule is CCN(CC)S(=O)(=O)c1cc(NC(=O)CN2CCNCC2)ccc1C.Cl.Cl. The fourth-order valence-electron chi connectivity index (χ4n) is 2.93. The predicted molar refractivity (Wildman–Crippen MR) is 114 cm³/mol. The Hall–Kier alpha value is -0.900. The van der Waals surface area contributed by atoms with Crippen LogP contribution in [0.4, 0.5) is 5.69 Å². The lowest BCUT2D eigenvalue weighted by Gasteiger charge is -2.26. The van der Waals surface area contributed by atoms with Crippen LogP contribution in [0.15, 0.2) is 23.1 Å². The standard InChI is InChI=1S/C17H28N4O3S.2ClH/c1-4-21(5-2)25(23,24)16-12-15(7-6-14(16)3)19-17(22)13-20-10-8-18-9-11-20;;/h6-7,12,18H,4-5,8-11,13H2,1-3H3,(H,19,22);2*1H. The highest BCUT2D eigenvalue weighted by Gasteiger charge is 2.24. The molecule has 1 aromatic rings. The third-order valence-electron chi connectivity index (χ3n) is 4.37. The van der Waals surface area contributed by atoms with E-state index in [1.54, 1.807) is 25.1 Å². The second kappa shape index (κ2) is 11.8. The molecule has 0 bridgehead atoms. The van der Waals surface area contributed by atoms with Gasteiger partial charge in [0, 0.05) is 45.0 Å². The zero-order chi connectivity index (χ0) is 18.4. The van der Waals surface area contributed by atoms with Crippen LogP contribution in [-0.2, 0) is 14.8 Å². The van der Waals surface area contributed by atoms with Gasteiger partial charge in [0.15, 0.2) is 0 Å². The van der Waals surface area contributed by atoms with E-state index in [9.17, 15) is 13.2 Å². The van der Waals surface area contributed by atoms with Crippen molar-refractivity contribution in [3.63, 3.8) is 0 Å². The molecule has 1 amide bonds. The van der Waals surface area contributed by atoms with Gasteiger partial charge in [-0.25, -0.2) is 8.42 Å². The number of piperazine rings is 1. The molecule has 1 aliphatic rings. The van der Waals surface area contributed by atoms with Gasteiger partial charge in [-0.3, -0.25) is 9.69 Å². The topological polar surface area (TPSA) is 81.8 Å². The molecule has 0 atom stereocenters. The van der Waals surface area contributed by atoms with Crippen LogP contribution in [0.1, 0.15) is 19.4 Å². The minimum Gasteiger partial charge on any atom is -0.325 e. The molecule has 27 heavy (non-hydrogen) atoms. The summed E-state index contributed by atoms with van der Waals surface area (Å²) in [5, 5.41) is 6.06. The van der Waals surface area contributed by atoms with Gasteiger partial charge in [-0.2, -0.15) is 4.31 Å². The van der Waals surface area contributed by atoms with Crippen LogP contribution in [0.2, 0.25) is 0 Å². The molecule has 0 spiro atoms. The Morgan fingerprint density at radius 1 is 1.19 bits per heavy atom. The third-order valence-corrected chi connectivity index (χ3v) is 6.56. The molecule has 156 valence electrons. The zero-order valence-corrected chi connectivity index (χ0v) is 18.5. The second-order valence-corrected chi connectivity index (χ2v) is 8.05. The van der Waals surface area contributed by atoms with Crippen molar-refractivity contribution in [2.24, 2.45) is 0 Å². The smallest absolute Gasteiger partial charge is 0.243 e. The number of benzene rings is 1. The average molecular weight is 441 g/mol. The first-order valence-electron chi connectivity index (χ1n) is 8.72. The zero-order valence-electron chi connectivity index (χ0n) is 16.0. The maximum atomic E-state index is 12.8. The number of nitrogens with zero attached hydrogens (tertiary/aromatic N) is 2. The monoisotopic (exact) mass is 440 g/mol. The summed E-state index contributed by atoms with van der Waals surface area (Å²) in [6.07, 6.45) is 0. The number of rotatable bonds is 7. The molecule has 10 heteroatoms. The van der Waals surface area contributed by atoms with Crippen molar-refractivity contribution in [3.8, 4) is 0 Å². The van der Waals surface area contributed by atoms with E-state index in [1.807, 2.05) is 13.8 Å². The molecule has 2 rings (SSSR count). The number of halogens is 2. The number of carbonyl (C=O) groups excluding carboxylic acids is 1. The Bertz CT molecular complexity index is 706. The van der Waals surface area contributed by atoms with Crippen molar-refractivity contribution < 1.29 is 13.2 Å². The Morgan fingerprint density at radius 3 is 2.33 bits per heavy atom. The molecule has 0 unspecified atom stereocenters. The first-order chi connectivity index (χ1) is 11.9. The Morgan fingerprint density at radius 2 is 1.78 bits per heavy atom. The van der Waals surface area contributed by atoms with Crippen molar-refractivity contribution in [1.29, 1.82) is 0 Å². The summed E-state index contributed by atoms with van der Waals surface area (Å²) in [6.45, 7) is 9.97. The lowest BCUT2D eigenvalue weighted by atomic mass is 10.2. The lowest BCUT2D eigenvalue weighted by molar-refractivity contribution is -0.117. The molecular weight excluding hydrogens is 411 g/mol. The molecule has 1 fully saturated rings. The second-order valence-electron chi connectivity index (χ2n) is 6.14. The first-order valence-corrected chi connectivity index (χ1v) is 10.2. The molecule has 7 nitrogen and oxygen atoms in total. The summed E-state index contributed by atoms with van der Waals surface area (Å²) in [5.74, 6) is -0.128. The van der Waals surface area contributed by atoms with E-state index < -0.39 is 10.0 Å². The van der Waals surface area contributed by atoms with Crippen molar-refractivity contribution >= 4 is 46.4 Å². The van der Waals surface area contributed by atoms with E-state index in [4.69, 9.17) is 0 Å². The van der Waals surface area contributed by atoms with Crippen LogP contribution in [0, 0.1) is 6.92 Å². The van der Waals surface area contributed by atoms with Crippen LogP contribution in [0.3, 0.4) is 0 Å². The van der Waals surface area contributed by atoms with E-state index in [-0.39, 0.29) is 35.6 Å². The van der Waals surface area contributed by atoms with Gasteiger partial charge in [0.2, 0.25) is 15.9 Å². The highest BCUT2D eigenvalue weighted by molar-refractivity contribution is 7.89. The third kappa shape index (κ3) is 6.89. The summed E-state index contributed by atoms with van der Waals surface area (Å²) < 4.78 is 27.0. The number of nitrogens with one attached hydrogen (secondary N) is 2. The first kappa shape index (κ1) is 26.1. The van der Waals surface area contributed by atoms with Gasteiger partial charge in [0.25, 0.3) is 0 Å². The number of anilines is 1. The minimum atomic E-state index is -3.55. The number of amides is 1. The van der Waals surface area contributed by atoms with Gasteiger partial charge >= 0.3 is 0 Å². The van der Waals surface area contributed by atoms with E-state index in [2.05, 4.69) is 15.5 Å². The highest BCUT2D eigenvalue weighted by Crippen LogP contribution is 2.23. The van der Waals surface area contributed by atoms with Gasteiger partial charge in [-0.05, 0) is 24.6 Å². The number of carbonyl (C=O) groups is 1. The normalized spacial score (nSPS) is 15.0. The summed E-state index contributed by atoms with van der Waals surface area (Å²) >= 11 is 0. The summed E-state index contributed by atoms with van der Waals surface area (Å²) in [7, 11) is -3.55. The predicted octanol–water partition coefficient (Wildman–Crippen LogP) is 1.71. The molecule has 1 heterocycles. The molecule has 0 radical (unpaired) electrons. The fraction of sp³-hybridized carbons (Fsp3) is 0.588. The average Bonchev–Trinajstić information content (AvgIpc) is 2.58. The Balaban J connectivity index is 0.00000338. The fourth-order valence-corrected chi connectivity index (χ4v) is 4.64. The van der Waals surface area contributed by atoms with E-state index >= 15 is 0 Å². The molecule has 1 aliphatic heterocycles. The molecule has 1 aromatic carbocycles. The van der Waals surface area contributed by atoms with Gasteiger partial charge in [-0.15, -0.1) is 24.8 Å². The lowest BCUT2D eigenvalue weighted by Crippen LogP contribution is -2.46. The summed E-state index contributed by atoms with van der Waals surface area (Å²) in [6, 6.07) is 5.03. The van der Waals surface area contributed by atoms with Crippen molar-refractivity contribution in [2.75, 3.05) is 51.1 Å². The molecule has 0 aromatic heterocycles. The van der Waals surface area contributed by atoms with E-state index in [0.29, 0.717) is 30.9 Å². The largest absolute Gasteiger partial charge is 0.325 e. The maximum Gasteiger partial charge on any atom is 0.243 e. The van der Waals surface area contributed by atoms with Crippen molar-refractivity contribution in [1.82, 2.24) is 14.5 Å². The van der Waals surface area contributed by atoms with Gasteiger partial charge in [0.1, 0.15) is 0 Å². The maximum absolute atomic E-state index is 12.8. The minimum absolute atomic E-state index is 0. The summed E-state index contributed by atoms with van der Waals surface area (Å²) in [5.41, 5.74) is 1.18. The summed E-state index contributed by atoms with van der Waals surface area (Å²) in [4.78, 5) is 14.6. The number of aryl methyl sites for hydroxylation is 1. The molecule has 0 aliphatic carbocycles. The van der Waals surface area contributed by atoms with E-state index in [1.165, 1.54) is 4.31 Å². The highest BCUT2D eigenvalue weighted by atomic mass is 35.5. The Labute approximate surface area is 174 Å². The van der Waals surface area contributed by atoms with Gasteiger partial charge in [-0.1, -0.05) is 19.9 Å². The molecular formula is C17H30Cl2N4O3S. The Kier molecular flexibility index (Phi) is 11.4. The van der Waals surface area contributed by atoms with Crippen LogP contribution in [-0.4, -0.2) is 69.3 Å². The van der Waals surface area contributed by atoms with Crippen molar-refractivity contribution in [2.45, 2.75) is 25.7 Å². The molecule has 1 saturated heterocycles. The molecule has 0 saturated carbocycles. The van der Waals surface area contributed by atoms with E-state index in [0.717, 1.165) is 26.2 Å². The molecule has 2 N–H and O–H groups in total. The number of hydrogen-bond donors (Lipinski definition) is 2. The van der Waals surface area contributed by atoms with Crippen LogP contribution in [0.5, 0.6) is 0 Å². The number of hydrogen-bond acceptors (Lipinski definition) is 5.